The Morgan fingerprint density at radius 1 is 1.41 bits per heavy atom. The normalized spacial score (nSPS) is 13.7. The van der Waals surface area contributed by atoms with Crippen LogP contribution in [0.2, 0.25) is 0 Å². The summed E-state index contributed by atoms with van der Waals surface area (Å²) >= 11 is 0. The van der Waals surface area contributed by atoms with Crippen LogP contribution in [0, 0.1) is 0 Å². The van der Waals surface area contributed by atoms with Gasteiger partial charge in [-0.1, -0.05) is 12.1 Å². The number of hydrogen-bond donors (Lipinski definition) is 2. The van der Waals surface area contributed by atoms with E-state index < -0.39 is 10.2 Å². The second-order valence-electron chi connectivity index (χ2n) is 4.27. The van der Waals surface area contributed by atoms with Gasteiger partial charge in [-0.3, -0.25) is 4.72 Å². The van der Waals surface area contributed by atoms with Crippen molar-refractivity contribution in [1.82, 2.24) is 4.31 Å². The number of nitrogens with zero attached hydrogens (tertiary/aromatic N) is 1. The Morgan fingerprint density at radius 3 is 2.59 bits per heavy atom. The summed E-state index contributed by atoms with van der Waals surface area (Å²) in [5.41, 5.74) is 7.27. The lowest BCUT2D eigenvalue weighted by Crippen LogP contribution is -2.29. The zero-order chi connectivity index (χ0) is 13.1. The van der Waals surface area contributed by atoms with Crippen molar-refractivity contribution in [2.75, 3.05) is 18.8 Å². The molecule has 3 N–H and O–H groups in total. The number of anilines is 1. The fourth-order valence-electron chi connectivity index (χ4n) is 1.37. The quantitative estimate of drug-likeness (QED) is 0.819. The van der Waals surface area contributed by atoms with Crippen LogP contribution < -0.4 is 10.5 Å². The van der Waals surface area contributed by atoms with Crippen LogP contribution in [0.3, 0.4) is 0 Å². The standard InChI is InChI=1S/C11H19N3O2S/c1-9(12)7-10-5-4-6-11(8-10)13-17(15,16)14(2)3/h4-6,8-9,13H,7,12H2,1-3H3. The van der Waals surface area contributed by atoms with Crippen LogP contribution in [0.5, 0.6) is 0 Å². The van der Waals surface area contributed by atoms with Gasteiger partial charge in [-0.15, -0.1) is 0 Å². The summed E-state index contributed by atoms with van der Waals surface area (Å²) in [4.78, 5) is 0. The highest BCUT2D eigenvalue weighted by molar-refractivity contribution is 7.90. The molecule has 0 spiro atoms. The minimum atomic E-state index is -3.44. The van der Waals surface area contributed by atoms with Gasteiger partial charge in [0, 0.05) is 20.1 Å². The summed E-state index contributed by atoms with van der Waals surface area (Å²) in [6, 6.07) is 7.30. The molecule has 0 saturated carbocycles. The summed E-state index contributed by atoms with van der Waals surface area (Å²) in [6.07, 6.45) is 0.720. The fourth-order valence-corrected chi connectivity index (χ4v) is 1.98. The number of hydrogen-bond acceptors (Lipinski definition) is 3. The molecular weight excluding hydrogens is 238 g/mol. The van der Waals surface area contributed by atoms with E-state index in [4.69, 9.17) is 5.73 Å². The average Bonchev–Trinajstić information content (AvgIpc) is 2.15. The summed E-state index contributed by atoms with van der Waals surface area (Å²) in [5, 5.41) is 0. The zero-order valence-electron chi connectivity index (χ0n) is 10.3. The van der Waals surface area contributed by atoms with Crippen LogP contribution in [0.1, 0.15) is 12.5 Å². The molecule has 6 heteroatoms. The first-order chi connectivity index (χ1) is 7.81. The van der Waals surface area contributed by atoms with Gasteiger partial charge in [0.15, 0.2) is 0 Å². The van der Waals surface area contributed by atoms with Crippen molar-refractivity contribution in [3.8, 4) is 0 Å². The lowest BCUT2D eigenvalue weighted by molar-refractivity contribution is 0.527. The molecule has 0 aliphatic rings. The SMILES string of the molecule is CC(N)Cc1cccc(NS(=O)(=O)N(C)C)c1. The number of benzene rings is 1. The van der Waals surface area contributed by atoms with Crippen molar-refractivity contribution in [3.05, 3.63) is 29.8 Å². The second kappa shape index (κ2) is 5.48. The van der Waals surface area contributed by atoms with Crippen molar-refractivity contribution in [3.63, 3.8) is 0 Å². The Bertz CT molecular complexity index is 469. The molecule has 1 rings (SSSR count). The minimum Gasteiger partial charge on any atom is -0.328 e. The molecule has 0 aromatic heterocycles. The first-order valence-electron chi connectivity index (χ1n) is 5.36. The first kappa shape index (κ1) is 14.0. The monoisotopic (exact) mass is 257 g/mol. The summed E-state index contributed by atoms with van der Waals surface area (Å²) < 4.78 is 26.9. The van der Waals surface area contributed by atoms with E-state index in [0.29, 0.717) is 5.69 Å². The molecule has 0 aliphatic heterocycles. The van der Waals surface area contributed by atoms with E-state index in [-0.39, 0.29) is 6.04 Å². The molecule has 0 radical (unpaired) electrons. The van der Waals surface area contributed by atoms with E-state index in [9.17, 15) is 8.42 Å². The van der Waals surface area contributed by atoms with Crippen LogP contribution in [-0.2, 0) is 16.6 Å². The van der Waals surface area contributed by atoms with E-state index in [1.54, 1.807) is 12.1 Å². The predicted octanol–water partition coefficient (Wildman–Crippen LogP) is 0.795. The minimum absolute atomic E-state index is 0.0516. The Labute approximate surface area is 103 Å². The smallest absolute Gasteiger partial charge is 0.301 e. The Balaban J connectivity index is 2.86. The summed E-state index contributed by atoms with van der Waals surface area (Å²) in [7, 11) is -0.484. The maximum absolute atomic E-state index is 11.6. The number of nitrogens with two attached hydrogens (primary N) is 1. The molecule has 17 heavy (non-hydrogen) atoms. The second-order valence-corrected chi connectivity index (χ2v) is 6.16. The van der Waals surface area contributed by atoms with Crippen LogP contribution in [0.4, 0.5) is 5.69 Å². The average molecular weight is 257 g/mol. The molecule has 0 heterocycles. The van der Waals surface area contributed by atoms with Crippen molar-refractivity contribution >= 4 is 15.9 Å². The molecule has 1 aromatic carbocycles. The topological polar surface area (TPSA) is 75.4 Å². The lowest BCUT2D eigenvalue weighted by atomic mass is 10.1. The number of rotatable bonds is 5. The molecule has 0 amide bonds. The molecule has 5 nitrogen and oxygen atoms in total. The molecule has 0 aliphatic carbocycles. The molecule has 0 fully saturated rings. The predicted molar refractivity (Wildman–Crippen MR) is 70.0 cm³/mol. The van der Waals surface area contributed by atoms with Crippen LogP contribution in [0.15, 0.2) is 24.3 Å². The van der Waals surface area contributed by atoms with Gasteiger partial charge in [0.2, 0.25) is 0 Å². The maximum Gasteiger partial charge on any atom is 0.301 e. The largest absolute Gasteiger partial charge is 0.328 e. The Hall–Kier alpha value is -1.11. The van der Waals surface area contributed by atoms with E-state index in [1.807, 2.05) is 19.1 Å². The molecule has 0 bridgehead atoms. The Kier molecular flexibility index (Phi) is 4.50. The third kappa shape index (κ3) is 4.33. The van der Waals surface area contributed by atoms with Gasteiger partial charge in [0.05, 0.1) is 5.69 Å². The highest BCUT2D eigenvalue weighted by atomic mass is 32.2. The molecular formula is C11H19N3O2S. The molecule has 1 aromatic rings. The van der Waals surface area contributed by atoms with Gasteiger partial charge in [-0.2, -0.15) is 12.7 Å². The third-order valence-electron chi connectivity index (χ3n) is 2.21. The van der Waals surface area contributed by atoms with Crippen molar-refractivity contribution in [2.24, 2.45) is 5.73 Å². The summed E-state index contributed by atoms with van der Waals surface area (Å²) in [6.45, 7) is 1.91. The Morgan fingerprint density at radius 2 is 2.06 bits per heavy atom. The van der Waals surface area contributed by atoms with E-state index in [2.05, 4.69) is 4.72 Å². The molecule has 1 unspecified atom stereocenters. The van der Waals surface area contributed by atoms with Gasteiger partial charge < -0.3 is 5.73 Å². The van der Waals surface area contributed by atoms with Crippen molar-refractivity contribution in [2.45, 2.75) is 19.4 Å². The molecule has 1 atom stereocenters. The van der Waals surface area contributed by atoms with Gasteiger partial charge in [0.25, 0.3) is 0 Å². The highest BCUT2D eigenvalue weighted by Crippen LogP contribution is 2.14. The lowest BCUT2D eigenvalue weighted by Gasteiger charge is -2.14. The summed E-state index contributed by atoms with van der Waals surface area (Å²) in [5.74, 6) is 0. The third-order valence-corrected chi connectivity index (χ3v) is 3.67. The molecule has 96 valence electrons. The van der Waals surface area contributed by atoms with Crippen molar-refractivity contribution in [1.29, 1.82) is 0 Å². The van der Waals surface area contributed by atoms with Gasteiger partial charge in [-0.25, -0.2) is 0 Å². The molecule has 0 saturated heterocycles. The van der Waals surface area contributed by atoms with Crippen LogP contribution in [0.25, 0.3) is 0 Å². The van der Waals surface area contributed by atoms with Gasteiger partial charge in [-0.05, 0) is 31.0 Å². The van der Waals surface area contributed by atoms with E-state index in [1.165, 1.54) is 14.1 Å². The zero-order valence-corrected chi connectivity index (χ0v) is 11.2. The van der Waals surface area contributed by atoms with Crippen LogP contribution in [-0.4, -0.2) is 32.9 Å². The maximum atomic E-state index is 11.6. The van der Waals surface area contributed by atoms with E-state index >= 15 is 0 Å². The highest BCUT2D eigenvalue weighted by Gasteiger charge is 2.12. The van der Waals surface area contributed by atoms with Gasteiger partial charge >= 0.3 is 10.2 Å². The van der Waals surface area contributed by atoms with E-state index in [0.717, 1.165) is 16.3 Å². The van der Waals surface area contributed by atoms with Crippen molar-refractivity contribution < 1.29 is 8.42 Å². The fraction of sp³-hybridized carbons (Fsp3) is 0.455. The van der Waals surface area contributed by atoms with Gasteiger partial charge in [0.1, 0.15) is 0 Å². The van der Waals surface area contributed by atoms with Crippen LogP contribution >= 0.6 is 0 Å². The first-order valence-corrected chi connectivity index (χ1v) is 6.80. The number of nitrogens with one attached hydrogen (secondary N) is 1.